The van der Waals surface area contributed by atoms with E-state index in [2.05, 4.69) is 35.5 Å². The highest BCUT2D eigenvalue weighted by Gasteiger charge is 2.29. The Kier molecular flexibility index (Phi) is 4.64. The van der Waals surface area contributed by atoms with E-state index in [0.717, 1.165) is 28.9 Å². The average molecular weight is 497 g/mol. The quantitative estimate of drug-likeness (QED) is 0.302. The summed E-state index contributed by atoms with van der Waals surface area (Å²) in [7, 11) is 0. The summed E-state index contributed by atoms with van der Waals surface area (Å²) in [4.78, 5) is 34.1. The number of fused-ring (bicyclic) bond motifs is 2. The monoisotopic (exact) mass is 496 g/mol. The average Bonchev–Trinajstić information content (AvgIpc) is 3.27. The number of hydrogen-bond acceptors (Lipinski definition) is 7. The number of carbonyl (C=O) groups excluding carboxylic acids is 1. The lowest BCUT2D eigenvalue weighted by Crippen LogP contribution is -2.13. The summed E-state index contributed by atoms with van der Waals surface area (Å²) in [5.41, 5.74) is 4.05. The third-order valence-corrected chi connectivity index (χ3v) is 7.03. The Morgan fingerprint density at radius 2 is 2.00 bits per heavy atom. The maximum atomic E-state index is 15.9. The summed E-state index contributed by atoms with van der Waals surface area (Å²) in [6.45, 7) is 0. The predicted molar refractivity (Wildman–Crippen MR) is 135 cm³/mol. The minimum atomic E-state index is -0.555. The van der Waals surface area contributed by atoms with E-state index >= 15 is 4.39 Å². The molecule has 176 valence electrons. The molecular formula is C25H17FN8OS. The van der Waals surface area contributed by atoms with E-state index in [1.54, 1.807) is 23.6 Å². The zero-order valence-corrected chi connectivity index (χ0v) is 19.4. The molecule has 3 N–H and O–H groups in total. The lowest BCUT2D eigenvalue weighted by molar-refractivity contribution is -0.117. The second kappa shape index (κ2) is 8.02. The molecule has 9 nitrogen and oxygen atoms in total. The van der Waals surface area contributed by atoms with Gasteiger partial charge in [-0.2, -0.15) is 5.10 Å². The van der Waals surface area contributed by atoms with Crippen LogP contribution >= 0.6 is 11.3 Å². The fraction of sp³-hybridized carbons (Fsp3) is 0.120. The molecule has 0 bridgehead atoms. The number of H-pyrrole nitrogens is 2. The fourth-order valence-electron chi connectivity index (χ4n) is 4.22. The highest BCUT2D eigenvalue weighted by Crippen LogP contribution is 2.35. The molecule has 11 heteroatoms. The van der Waals surface area contributed by atoms with Crippen LogP contribution in [0, 0.1) is 11.7 Å². The summed E-state index contributed by atoms with van der Waals surface area (Å²) < 4.78 is 15.9. The number of imidazole rings is 1. The highest BCUT2D eigenvalue weighted by molar-refractivity contribution is 7.13. The summed E-state index contributed by atoms with van der Waals surface area (Å²) in [5.74, 6) is -0.133. The summed E-state index contributed by atoms with van der Waals surface area (Å²) in [6.07, 6.45) is 8.08. The number of thiophene rings is 1. The van der Waals surface area contributed by atoms with Crippen molar-refractivity contribution in [3.63, 3.8) is 0 Å². The van der Waals surface area contributed by atoms with Gasteiger partial charge < -0.3 is 10.3 Å². The third-order valence-electron chi connectivity index (χ3n) is 6.15. The lowest BCUT2D eigenvalue weighted by Gasteiger charge is -2.07. The van der Waals surface area contributed by atoms with Gasteiger partial charge in [0, 0.05) is 23.9 Å². The molecule has 0 spiro atoms. The van der Waals surface area contributed by atoms with Gasteiger partial charge in [-0.05, 0) is 36.4 Å². The van der Waals surface area contributed by atoms with E-state index in [0.29, 0.717) is 33.8 Å². The minimum Gasteiger partial charge on any atom is -0.336 e. The smallest absolute Gasteiger partial charge is 0.227 e. The van der Waals surface area contributed by atoms with Crippen molar-refractivity contribution >= 4 is 44.9 Å². The summed E-state index contributed by atoms with van der Waals surface area (Å²) >= 11 is 1.57. The molecule has 6 heterocycles. The minimum absolute atomic E-state index is 0.0451. The van der Waals surface area contributed by atoms with Crippen molar-refractivity contribution in [2.75, 3.05) is 5.32 Å². The molecule has 6 aromatic heterocycles. The maximum absolute atomic E-state index is 15.9. The van der Waals surface area contributed by atoms with Gasteiger partial charge in [-0.15, -0.1) is 11.3 Å². The lowest BCUT2D eigenvalue weighted by atomic mass is 10.1. The summed E-state index contributed by atoms with van der Waals surface area (Å²) in [5, 5.41) is 12.3. The Labute approximate surface area is 206 Å². The molecule has 0 aliphatic heterocycles. The molecule has 1 saturated carbocycles. The molecule has 1 fully saturated rings. The molecule has 36 heavy (non-hydrogen) atoms. The Bertz CT molecular complexity index is 1770. The van der Waals surface area contributed by atoms with Crippen molar-refractivity contribution in [2.24, 2.45) is 5.92 Å². The van der Waals surface area contributed by atoms with E-state index in [4.69, 9.17) is 4.98 Å². The van der Waals surface area contributed by atoms with E-state index in [1.807, 2.05) is 23.6 Å². The van der Waals surface area contributed by atoms with Crippen LogP contribution < -0.4 is 5.32 Å². The number of hydrogen-bond donors (Lipinski definition) is 3. The van der Waals surface area contributed by atoms with Gasteiger partial charge in [0.05, 0.1) is 39.4 Å². The number of amides is 1. The van der Waals surface area contributed by atoms with E-state index < -0.39 is 5.82 Å². The molecule has 0 aromatic carbocycles. The first-order valence-corrected chi connectivity index (χ1v) is 12.2. The van der Waals surface area contributed by atoms with Gasteiger partial charge in [0.25, 0.3) is 0 Å². The van der Waals surface area contributed by atoms with Crippen LogP contribution in [0.4, 0.5) is 10.1 Å². The van der Waals surface area contributed by atoms with Gasteiger partial charge in [-0.1, -0.05) is 6.07 Å². The number of carbonyl (C=O) groups is 1. The first kappa shape index (κ1) is 20.8. The normalized spacial score (nSPS) is 13.5. The van der Waals surface area contributed by atoms with Crippen LogP contribution in [0.2, 0.25) is 0 Å². The highest BCUT2D eigenvalue weighted by atomic mass is 32.1. The topological polar surface area (TPSA) is 125 Å². The number of aromatic nitrogens is 7. The molecule has 0 radical (unpaired) electrons. The van der Waals surface area contributed by atoms with Crippen molar-refractivity contribution in [3.05, 3.63) is 60.3 Å². The summed E-state index contributed by atoms with van der Waals surface area (Å²) in [6, 6.07) is 7.44. The van der Waals surface area contributed by atoms with Crippen molar-refractivity contribution < 1.29 is 9.18 Å². The Balaban J connectivity index is 1.32. The first-order chi connectivity index (χ1) is 17.7. The molecular weight excluding hydrogens is 479 g/mol. The van der Waals surface area contributed by atoms with Gasteiger partial charge >= 0.3 is 0 Å². The number of rotatable bonds is 5. The van der Waals surface area contributed by atoms with Crippen LogP contribution in [-0.4, -0.2) is 41.0 Å². The van der Waals surface area contributed by atoms with Crippen molar-refractivity contribution in [1.82, 2.24) is 35.1 Å². The Hall–Kier alpha value is -4.51. The van der Waals surface area contributed by atoms with Gasteiger partial charge in [0.1, 0.15) is 22.6 Å². The second-order valence-corrected chi connectivity index (χ2v) is 9.57. The number of aromatic amines is 2. The van der Waals surface area contributed by atoms with E-state index in [9.17, 15) is 4.79 Å². The number of anilines is 1. The number of nitrogens with zero attached hydrogens (tertiary/aromatic N) is 5. The van der Waals surface area contributed by atoms with Crippen LogP contribution in [0.15, 0.2) is 54.4 Å². The SMILES string of the molecule is O=C(Nc1cncc(-c2ncc3[nH]nc(-c4nc5c(-c6cccs6)nccc5[nH]4)c3c2F)c1)C1CC1. The molecule has 0 unspecified atom stereocenters. The van der Waals surface area contributed by atoms with Gasteiger partial charge in [0.15, 0.2) is 11.6 Å². The molecule has 6 aromatic rings. The Morgan fingerprint density at radius 1 is 1.08 bits per heavy atom. The number of pyridine rings is 3. The first-order valence-electron chi connectivity index (χ1n) is 11.3. The molecule has 0 atom stereocenters. The van der Waals surface area contributed by atoms with E-state index in [1.165, 1.54) is 18.6 Å². The van der Waals surface area contributed by atoms with Crippen LogP contribution in [0.3, 0.4) is 0 Å². The van der Waals surface area contributed by atoms with E-state index in [-0.39, 0.29) is 22.9 Å². The van der Waals surface area contributed by atoms with Crippen molar-refractivity contribution in [3.8, 4) is 33.3 Å². The number of nitrogens with one attached hydrogen (secondary N) is 3. The van der Waals surface area contributed by atoms with Gasteiger partial charge in [-0.25, -0.2) is 9.37 Å². The standard InChI is InChI=1S/C25H17FN8OS/c26-19-18-16(11-29-20(19)13-8-14(10-27-9-13)30-25(35)12-3-4-12)33-34-23(18)24-31-15-5-6-28-22(21(15)32-24)17-2-1-7-36-17/h1-2,5-12H,3-4H2,(H,30,35)(H,31,32)(H,33,34). The van der Waals surface area contributed by atoms with Crippen LogP contribution in [0.25, 0.3) is 55.3 Å². The molecule has 7 rings (SSSR count). The molecule has 1 aliphatic rings. The largest absolute Gasteiger partial charge is 0.336 e. The van der Waals surface area contributed by atoms with Crippen LogP contribution in [0.5, 0.6) is 0 Å². The molecule has 1 aliphatic carbocycles. The Morgan fingerprint density at radius 3 is 2.83 bits per heavy atom. The van der Waals surface area contributed by atoms with Crippen molar-refractivity contribution in [2.45, 2.75) is 12.8 Å². The zero-order valence-electron chi connectivity index (χ0n) is 18.6. The number of halogens is 1. The second-order valence-electron chi connectivity index (χ2n) is 8.63. The van der Waals surface area contributed by atoms with Crippen LogP contribution in [0.1, 0.15) is 12.8 Å². The van der Waals surface area contributed by atoms with Gasteiger partial charge in [0.2, 0.25) is 5.91 Å². The van der Waals surface area contributed by atoms with Gasteiger partial charge in [-0.3, -0.25) is 24.8 Å². The molecule has 0 saturated heterocycles. The van der Waals surface area contributed by atoms with Crippen LogP contribution in [-0.2, 0) is 4.79 Å². The predicted octanol–water partition coefficient (Wildman–Crippen LogP) is 5.17. The van der Waals surface area contributed by atoms with Crippen molar-refractivity contribution in [1.29, 1.82) is 0 Å². The third kappa shape index (κ3) is 3.43. The zero-order chi connectivity index (χ0) is 24.2. The molecule has 1 amide bonds. The fourth-order valence-corrected chi connectivity index (χ4v) is 4.94. The maximum Gasteiger partial charge on any atom is 0.227 e.